The molecule has 0 aromatic rings. The van der Waals surface area contributed by atoms with Gasteiger partial charge in [0.2, 0.25) is 0 Å². The molecule has 0 spiro atoms. The van der Waals surface area contributed by atoms with Crippen molar-refractivity contribution in [2.24, 2.45) is 0 Å². The molecule has 0 saturated carbocycles. The summed E-state index contributed by atoms with van der Waals surface area (Å²) in [7, 11) is 0. The highest BCUT2D eigenvalue weighted by Gasteiger charge is 2.39. The van der Waals surface area contributed by atoms with Gasteiger partial charge in [0.1, 0.15) is 0 Å². The first-order valence-corrected chi connectivity index (χ1v) is 19.2. The van der Waals surface area contributed by atoms with Gasteiger partial charge in [-0.15, -0.1) is 0 Å². The molecule has 1 saturated heterocycles. The van der Waals surface area contributed by atoms with Crippen LogP contribution in [-0.2, 0) is 9.47 Å². The second-order valence-corrected chi connectivity index (χ2v) is 13.1. The van der Waals surface area contributed by atoms with E-state index in [0.29, 0.717) is 6.10 Å². The van der Waals surface area contributed by atoms with Crippen LogP contribution in [0.1, 0.15) is 194 Å². The third-order valence-electron chi connectivity index (χ3n) is 8.79. The molecule has 2 unspecified atom stereocenters. The summed E-state index contributed by atoms with van der Waals surface area (Å²) in [5, 5.41) is 0. The fraction of sp³-hybridized carbons (Fsp3) is 0.805. The maximum atomic E-state index is 6.57. The van der Waals surface area contributed by atoms with Crippen LogP contribution in [0.5, 0.6) is 0 Å². The van der Waals surface area contributed by atoms with Crippen molar-refractivity contribution in [3.63, 3.8) is 0 Å². The van der Waals surface area contributed by atoms with E-state index in [1.54, 1.807) is 0 Å². The molecule has 0 bridgehead atoms. The number of hydrogen-bond donors (Lipinski definition) is 0. The third kappa shape index (κ3) is 24.8. The molecule has 43 heavy (non-hydrogen) atoms. The average molecular weight is 599 g/mol. The minimum absolute atomic E-state index is 0.303. The summed E-state index contributed by atoms with van der Waals surface area (Å²) in [4.78, 5) is 0. The van der Waals surface area contributed by atoms with E-state index in [1.165, 1.54) is 141 Å². The number of hydrogen-bond acceptors (Lipinski definition) is 2. The standard InChI is InChI=1S/C41H74O2/c1-4-7-9-11-13-15-17-19-20-21-22-23-25-27-29-31-33-35-38-41(42-39-40(43-41)36-6-3)37-34-32-30-28-26-24-18-16-14-12-10-8-5-2/h16-19,21-22,26,28,40H,4-15,20,23-25,27,29-39H2,1-3H3/b18-16-,19-17-,22-21-,28-26-. The number of ether oxygens (including phenoxy) is 2. The van der Waals surface area contributed by atoms with Crippen molar-refractivity contribution >= 4 is 0 Å². The van der Waals surface area contributed by atoms with E-state index >= 15 is 0 Å². The van der Waals surface area contributed by atoms with Crippen LogP contribution in [0, 0.1) is 0 Å². The van der Waals surface area contributed by atoms with E-state index in [1.807, 2.05) is 0 Å². The van der Waals surface area contributed by atoms with Crippen LogP contribution in [0.2, 0.25) is 0 Å². The highest BCUT2D eigenvalue weighted by molar-refractivity contribution is 4.93. The average Bonchev–Trinajstić information content (AvgIpc) is 3.41. The zero-order chi connectivity index (χ0) is 30.9. The third-order valence-corrected chi connectivity index (χ3v) is 8.79. The molecule has 0 radical (unpaired) electrons. The van der Waals surface area contributed by atoms with Crippen LogP contribution in [-0.4, -0.2) is 18.5 Å². The van der Waals surface area contributed by atoms with E-state index in [9.17, 15) is 0 Å². The molecular formula is C41H74O2. The van der Waals surface area contributed by atoms with Crippen LogP contribution < -0.4 is 0 Å². The molecule has 0 aliphatic carbocycles. The van der Waals surface area contributed by atoms with Crippen LogP contribution in [0.25, 0.3) is 0 Å². The van der Waals surface area contributed by atoms with Crippen molar-refractivity contribution in [3.8, 4) is 0 Å². The van der Waals surface area contributed by atoms with Gasteiger partial charge < -0.3 is 9.47 Å². The Morgan fingerprint density at radius 3 is 1.35 bits per heavy atom. The van der Waals surface area contributed by atoms with Crippen molar-refractivity contribution < 1.29 is 9.47 Å². The molecule has 0 aromatic heterocycles. The lowest BCUT2D eigenvalue weighted by molar-refractivity contribution is -0.179. The highest BCUT2D eigenvalue weighted by atomic mass is 16.7. The molecule has 0 N–H and O–H groups in total. The topological polar surface area (TPSA) is 18.5 Å². The summed E-state index contributed by atoms with van der Waals surface area (Å²) in [6.07, 6.45) is 53.3. The molecule has 2 atom stereocenters. The van der Waals surface area contributed by atoms with Gasteiger partial charge >= 0.3 is 0 Å². The first kappa shape index (κ1) is 39.9. The Morgan fingerprint density at radius 2 is 0.860 bits per heavy atom. The first-order valence-electron chi connectivity index (χ1n) is 19.2. The summed E-state index contributed by atoms with van der Waals surface area (Å²) < 4.78 is 13.0. The van der Waals surface area contributed by atoms with Crippen LogP contribution in [0.4, 0.5) is 0 Å². The van der Waals surface area contributed by atoms with Crippen LogP contribution in [0.3, 0.4) is 0 Å². The number of allylic oxidation sites excluding steroid dienone is 8. The van der Waals surface area contributed by atoms with Crippen LogP contribution >= 0.6 is 0 Å². The van der Waals surface area contributed by atoms with Gasteiger partial charge in [-0.25, -0.2) is 0 Å². The zero-order valence-corrected chi connectivity index (χ0v) is 29.3. The number of rotatable bonds is 31. The molecule has 1 heterocycles. The Balaban J connectivity index is 2.10. The molecule has 1 rings (SSSR count). The molecule has 1 aliphatic rings. The van der Waals surface area contributed by atoms with E-state index < -0.39 is 0 Å². The summed E-state index contributed by atoms with van der Waals surface area (Å²) in [5.74, 6) is -0.307. The summed E-state index contributed by atoms with van der Waals surface area (Å²) >= 11 is 0. The Hall–Kier alpha value is -1.12. The highest BCUT2D eigenvalue weighted by Crippen LogP contribution is 2.35. The molecule has 0 aromatic carbocycles. The molecule has 1 fully saturated rings. The summed E-state index contributed by atoms with van der Waals surface area (Å²) in [5.41, 5.74) is 0. The van der Waals surface area contributed by atoms with Gasteiger partial charge in [-0.3, -0.25) is 0 Å². The number of unbranched alkanes of at least 4 members (excludes halogenated alkanes) is 17. The van der Waals surface area contributed by atoms with E-state index in [4.69, 9.17) is 9.47 Å². The Morgan fingerprint density at radius 1 is 0.465 bits per heavy atom. The van der Waals surface area contributed by atoms with Gasteiger partial charge in [0.05, 0.1) is 12.7 Å². The fourth-order valence-electron chi connectivity index (χ4n) is 6.06. The molecule has 0 amide bonds. The van der Waals surface area contributed by atoms with Gasteiger partial charge in [-0.05, 0) is 83.5 Å². The van der Waals surface area contributed by atoms with E-state index in [0.717, 1.165) is 38.7 Å². The fourth-order valence-corrected chi connectivity index (χ4v) is 6.06. The van der Waals surface area contributed by atoms with E-state index in [-0.39, 0.29) is 5.79 Å². The normalized spacial score (nSPS) is 19.4. The lowest BCUT2D eigenvalue weighted by Crippen LogP contribution is -2.31. The van der Waals surface area contributed by atoms with Gasteiger partial charge in [0.15, 0.2) is 5.79 Å². The Kier molecular flexibility index (Phi) is 28.7. The smallest absolute Gasteiger partial charge is 0.168 e. The van der Waals surface area contributed by atoms with Gasteiger partial charge in [-0.1, -0.05) is 146 Å². The molecule has 250 valence electrons. The van der Waals surface area contributed by atoms with Gasteiger partial charge in [0.25, 0.3) is 0 Å². The summed E-state index contributed by atoms with van der Waals surface area (Å²) in [6, 6.07) is 0. The minimum Gasteiger partial charge on any atom is -0.347 e. The van der Waals surface area contributed by atoms with Crippen molar-refractivity contribution in [1.29, 1.82) is 0 Å². The first-order chi connectivity index (χ1) is 21.3. The molecule has 2 nitrogen and oxygen atoms in total. The predicted octanol–water partition coefficient (Wildman–Crippen LogP) is 13.9. The van der Waals surface area contributed by atoms with Crippen LogP contribution in [0.15, 0.2) is 48.6 Å². The monoisotopic (exact) mass is 599 g/mol. The predicted molar refractivity (Wildman–Crippen MR) is 192 cm³/mol. The van der Waals surface area contributed by atoms with Crippen molar-refractivity contribution in [2.75, 3.05) is 6.61 Å². The maximum Gasteiger partial charge on any atom is 0.168 e. The van der Waals surface area contributed by atoms with Gasteiger partial charge in [0, 0.05) is 12.8 Å². The molecule has 1 aliphatic heterocycles. The quantitative estimate of drug-likeness (QED) is 0.0583. The largest absolute Gasteiger partial charge is 0.347 e. The SMILES string of the molecule is CCCCCC/C=C\C/C=C\CCCCC1(CCCCCCCC/C=C\C/C=C\CCCCCCC)OCC(CCC)O1. The van der Waals surface area contributed by atoms with Gasteiger partial charge in [-0.2, -0.15) is 0 Å². The van der Waals surface area contributed by atoms with Crippen molar-refractivity contribution in [3.05, 3.63) is 48.6 Å². The van der Waals surface area contributed by atoms with Crippen molar-refractivity contribution in [1.82, 2.24) is 0 Å². The molecule has 2 heteroatoms. The zero-order valence-electron chi connectivity index (χ0n) is 29.3. The minimum atomic E-state index is -0.307. The van der Waals surface area contributed by atoms with E-state index in [2.05, 4.69) is 69.4 Å². The summed E-state index contributed by atoms with van der Waals surface area (Å²) in [6.45, 7) is 7.60. The lowest BCUT2D eigenvalue weighted by atomic mass is 9.99. The molecular weight excluding hydrogens is 524 g/mol. The second-order valence-electron chi connectivity index (χ2n) is 13.1. The maximum absolute atomic E-state index is 6.57. The second kappa shape index (κ2) is 30.9. The lowest BCUT2D eigenvalue weighted by Gasteiger charge is -2.28. The Bertz CT molecular complexity index is 690. The Labute approximate surface area is 270 Å². The van der Waals surface area contributed by atoms with Crippen molar-refractivity contribution in [2.45, 2.75) is 206 Å².